The van der Waals surface area contributed by atoms with Crippen molar-refractivity contribution in [1.29, 1.82) is 0 Å². The number of hydrogen-bond acceptors (Lipinski definition) is 2. The standard InChI is InChI=1S/C11H14O2/c1-3-10(12)13-11(4-2)8-6-5-7-9-11/h2-3H,1,5-9H2. The molecule has 1 aliphatic rings. The molecule has 1 rings (SSSR count). The smallest absolute Gasteiger partial charge is 0.331 e. The second-order valence-electron chi connectivity index (χ2n) is 3.32. The Kier molecular flexibility index (Phi) is 3.13. The molecule has 0 atom stereocenters. The molecule has 0 aromatic heterocycles. The molecule has 0 aliphatic heterocycles. The third kappa shape index (κ3) is 2.35. The minimum absolute atomic E-state index is 0.417. The van der Waals surface area contributed by atoms with Crippen LogP contribution in [0.5, 0.6) is 0 Å². The van der Waals surface area contributed by atoms with Gasteiger partial charge in [0.2, 0.25) is 0 Å². The maximum atomic E-state index is 11.0. The van der Waals surface area contributed by atoms with Gasteiger partial charge in [-0.1, -0.05) is 18.9 Å². The van der Waals surface area contributed by atoms with E-state index in [1.807, 2.05) is 0 Å². The molecule has 70 valence electrons. The normalized spacial score (nSPS) is 19.9. The molecule has 1 saturated carbocycles. The van der Waals surface area contributed by atoms with E-state index in [-0.39, 0.29) is 0 Å². The SMILES string of the molecule is C#CC1(OC(=O)C=C)CCCCC1. The van der Waals surface area contributed by atoms with Crippen molar-refractivity contribution in [1.82, 2.24) is 0 Å². The lowest BCUT2D eigenvalue weighted by Gasteiger charge is -2.31. The molecule has 2 nitrogen and oxygen atoms in total. The lowest BCUT2D eigenvalue weighted by molar-refractivity contribution is -0.150. The molecule has 1 aliphatic carbocycles. The monoisotopic (exact) mass is 178 g/mol. The molecule has 0 amide bonds. The van der Waals surface area contributed by atoms with Gasteiger partial charge in [-0.15, -0.1) is 6.42 Å². The van der Waals surface area contributed by atoms with Crippen molar-refractivity contribution in [2.24, 2.45) is 0 Å². The summed E-state index contributed by atoms with van der Waals surface area (Å²) in [6, 6.07) is 0. The molecule has 0 bridgehead atoms. The Morgan fingerprint density at radius 2 is 2.08 bits per heavy atom. The van der Waals surface area contributed by atoms with E-state index in [1.54, 1.807) is 0 Å². The number of esters is 1. The van der Waals surface area contributed by atoms with Gasteiger partial charge in [0.1, 0.15) is 0 Å². The zero-order valence-electron chi connectivity index (χ0n) is 7.71. The average Bonchev–Trinajstić information content (AvgIpc) is 2.19. The van der Waals surface area contributed by atoms with Gasteiger partial charge in [-0.05, 0) is 25.7 Å². The maximum Gasteiger partial charge on any atom is 0.331 e. The van der Waals surface area contributed by atoms with E-state index in [2.05, 4.69) is 12.5 Å². The number of terminal acetylenes is 1. The third-order valence-corrected chi connectivity index (χ3v) is 2.39. The van der Waals surface area contributed by atoms with Gasteiger partial charge in [-0.3, -0.25) is 0 Å². The van der Waals surface area contributed by atoms with Gasteiger partial charge < -0.3 is 4.74 Å². The first kappa shape index (κ1) is 9.85. The van der Waals surface area contributed by atoms with E-state index in [0.29, 0.717) is 0 Å². The fourth-order valence-electron chi connectivity index (χ4n) is 1.63. The van der Waals surface area contributed by atoms with E-state index in [4.69, 9.17) is 11.2 Å². The summed E-state index contributed by atoms with van der Waals surface area (Å²) in [5, 5.41) is 0. The van der Waals surface area contributed by atoms with Gasteiger partial charge in [0.05, 0.1) is 0 Å². The van der Waals surface area contributed by atoms with E-state index < -0.39 is 11.6 Å². The van der Waals surface area contributed by atoms with Crippen molar-refractivity contribution in [3.63, 3.8) is 0 Å². The number of rotatable bonds is 2. The van der Waals surface area contributed by atoms with Crippen LogP contribution in [0.15, 0.2) is 12.7 Å². The number of hydrogen-bond donors (Lipinski definition) is 0. The van der Waals surface area contributed by atoms with Crippen LogP contribution in [0, 0.1) is 12.3 Å². The summed E-state index contributed by atoms with van der Waals surface area (Å²) in [4.78, 5) is 11.0. The van der Waals surface area contributed by atoms with Crippen molar-refractivity contribution in [3.05, 3.63) is 12.7 Å². The van der Waals surface area contributed by atoms with Crippen LogP contribution in [0.25, 0.3) is 0 Å². The van der Waals surface area contributed by atoms with E-state index in [9.17, 15) is 4.79 Å². The van der Waals surface area contributed by atoms with Crippen molar-refractivity contribution in [2.45, 2.75) is 37.7 Å². The number of carbonyl (C=O) groups excluding carboxylic acids is 1. The summed E-state index contributed by atoms with van der Waals surface area (Å²) in [5.41, 5.74) is -0.649. The minimum Gasteiger partial charge on any atom is -0.443 e. The van der Waals surface area contributed by atoms with Crippen LogP contribution in [0.1, 0.15) is 32.1 Å². The zero-order chi connectivity index (χ0) is 9.73. The lowest BCUT2D eigenvalue weighted by Crippen LogP contribution is -2.35. The summed E-state index contributed by atoms with van der Waals surface area (Å²) < 4.78 is 5.18. The van der Waals surface area contributed by atoms with Crippen LogP contribution in [0.2, 0.25) is 0 Å². The van der Waals surface area contributed by atoms with Gasteiger partial charge in [-0.2, -0.15) is 0 Å². The minimum atomic E-state index is -0.649. The van der Waals surface area contributed by atoms with E-state index in [0.717, 1.165) is 31.8 Å². The summed E-state index contributed by atoms with van der Waals surface area (Å²) in [6.45, 7) is 3.35. The Morgan fingerprint density at radius 3 is 2.54 bits per heavy atom. The number of carbonyl (C=O) groups is 1. The Bertz CT molecular complexity index is 241. The molecule has 0 heterocycles. The lowest BCUT2D eigenvalue weighted by atomic mass is 9.85. The zero-order valence-corrected chi connectivity index (χ0v) is 7.71. The Balaban J connectivity index is 2.64. The van der Waals surface area contributed by atoms with Gasteiger partial charge in [-0.25, -0.2) is 4.79 Å². The second kappa shape index (κ2) is 4.13. The molecule has 0 saturated heterocycles. The highest BCUT2D eigenvalue weighted by atomic mass is 16.6. The first-order valence-electron chi connectivity index (χ1n) is 4.56. The fourth-order valence-corrected chi connectivity index (χ4v) is 1.63. The van der Waals surface area contributed by atoms with Crippen molar-refractivity contribution < 1.29 is 9.53 Å². The van der Waals surface area contributed by atoms with Gasteiger partial charge in [0.25, 0.3) is 0 Å². The van der Waals surface area contributed by atoms with Crippen LogP contribution >= 0.6 is 0 Å². The Hall–Kier alpha value is -1.23. The molecule has 0 spiro atoms. The molecule has 13 heavy (non-hydrogen) atoms. The summed E-state index contributed by atoms with van der Waals surface area (Å²) in [6.07, 6.45) is 11.4. The molecule has 0 radical (unpaired) electrons. The molecular weight excluding hydrogens is 164 g/mol. The Labute approximate surface area is 79.0 Å². The van der Waals surface area contributed by atoms with Crippen LogP contribution in [0.4, 0.5) is 0 Å². The molecule has 0 aromatic rings. The van der Waals surface area contributed by atoms with E-state index in [1.165, 1.54) is 6.42 Å². The molecule has 0 unspecified atom stereocenters. The largest absolute Gasteiger partial charge is 0.443 e. The van der Waals surface area contributed by atoms with E-state index >= 15 is 0 Å². The van der Waals surface area contributed by atoms with Crippen LogP contribution in [-0.4, -0.2) is 11.6 Å². The van der Waals surface area contributed by atoms with Crippen LogP contribution < -0.4 is 0 Å². The highest BCUT2D eigenvalue weighted by molar-refractivity contribution is 5.81. The fraction of sp³-hybridized carbons (Fsp3) is 0.545. The highest BCUT2D eigenvalue weighted by Crippen LogP contribution is 2.31. The van der Waals surface area contributed by atoms with Gasteiger partial charge >= 0.3 is 5.97 Å². The molecule has 1 fully saturated rings. The number of ether oxygens (including phenoxy) is 1. The second-order valence-corrected chi connectivity index (χ2v) is 3.32. The molecular formula is C11H14O2. The van der Waals surface area contributed by atoms with Crippen molar-refractivity contribution >= 4 is 5.97 Å². The van der Waals surface area contributed by atoms with Gasteiger partial charge in [0.15, 0.2) is 5.60 Å². The molecule has 0 N–H and O–H groups in total. The third-order valence-electron chi connectivity index (χ3n) is 2.39. The molecule has 2 heteroatoms. The summed E-state index contributed by atoms with van der Waals surface area (Å²) in [5.74, 6) is 2.18. The Morgan fingerprint density at radius 1 is 1.46 bits per heavy atom. The first-order valence-corrected chi connectivity index (χ1v) is 4.56. The highest BCUT2D eigenvalue weighted by Gasteiger charge is 2.33. The topological polar surface area (TPSA) is 26.3 Å². The van der Waals surface area contributed by atoms with Crippen LogP contribution in [-0.2, 0) is 9.53 Å². The van der Waals surface area contributed by atoms with Gasteiger partial charge in [0, 0.05) is 6.08 Å². The quantitative estimate of drug-likeness (QED) is 0.367. The average molecular weight is 178 g/mol. The van der Waals surface area contributed by atoms with Crippen molar-refractivity contribution in [3.8, 4) is 12.3 Å². The van der Waals surface area contributed by atoms with Crippen LogP contribution in [0.3, 0.4) is 0 Å². The maximum absolute atomic E-state index is 11.0. The first-order chi connectivity index (χ1) is 6.22. The predicted molar refractivity (Wildman–Crippen MR) is 50.9 cm³/mol. The molecule has 0 aromatic carbocycles. The summed E-state index contributed by atoms with van der Waals surface area (Å²) in [7, 11) is 0. The predicted octanol–water partition coefficient (Wildman–Crippen LogP) is 2.05. The van der Waals surface area contributed by atoms with Crippen molar-refractivity contribution in [2.75, 3.05) is 0 Å². The summed E-state index contributed by atoms with van der Waals surface area (Å²) >= 11 is 0.